The highest BCUT2D eigenvalue weighted by molar-refractivity contribution is 7.89. The zero-order chi connectivity index (χ0) is 22.7. The minimum Gasteiger partial charge on any atom is -0.378 e. The van der Waals surface area contributed by atoms with Crippen LogP contribution in [0.1, 0.15) is 32.1 Å². The molecule has 0 unspecified atom stereocenters. The molecule has 1 aromatic rings. The molecule has 0 atom stereocenters. The van der Waals surface area contributed by atoms with Crippen molar-refractivity contribution in [3.8, 4) is 0 Å². The summed E-state index contributed by atoms with van der Waals surface area (Å²) in [5, 5.41) is 11.8. The molecule has 10 nitrogen and oxygen atoms in total. The molecule has 0 saturated carbocycles. The number of sulfonamides is 1. The van der Waals surface area contributed by atoms with Gasteiger partial charge in [0.2, 0.25) is 15.9 Å². The van der Waals surface area contributed by atoms with E-state index in [1.165, 1.54) is 16.4 Å². The second-order valence-electron chi connectivity index (χ2n) is 8.57. The zero-order valence-corrected chi connectivity index (χ0v) is 19.0. The lowest BCUT2D eigenvalue weighted by Crippen LogP contribution is -2.46. The first-order chi connectivity index (χ1) is 15.4. The van der Waals surface area contributed by atoms with Crippen molar-refractivity contribution < 1.29 is 22.9 Å². The van der Waals surface area contributed by atoms with Crippen molar-refractivity contribution in [2.45, 2.75) is 37.0 Å². The van der Waals surface area contributed by atoms with Crippen molar-refractivity contribution in [2.24, 2.45) is 5.92 Å². The van der Waals surface area contributed by atoms with Gasteiger partial charge < -0.3 is 14.5 Å². The summed E-state index contributed by atoms with van der Waals surface area (Å²) in [5.74, 6) is 0.0348. The summed E-state index contributed by atoms with van der Waals surface area (Å²) in [6, 6.07) is 4.20. The lowest BCUT2D eigenvalue weighted by atomic mass is 9.94. The van der Waals surface area contributed by atoms with Gasteiger partial charge in [0, 0.05) is 51.3 Å². The molecule has 0 bridgehead atoms. The Balaban J connectivity index is 1.48. The number of carbonyl (C=O) groups excluding carboxylic acids is 1. The van der Waals surface area contributed by atoms with Crippen molar-refractivity contribution >= 4 is 27.3 Å². The van der Waals surface area contributed by atoms with Crippen LogP contribution in [0.15, 0.2) is 23.1 Å². The average Bonchev–Trinajstić information content (AvgIpc) is 2.84. The van der Waals surface area contributed by atoms with E-state index < -0.39 is 14.9 Å². The van der Waals surface area contributed by atoms with Crippen LogP contribution < -0.4 is 4.90 Å². The molecule has 1 aromatic carbocycles. The van der Waals surface area contributed by atoms with E-state index in [1.807, 2.05) is 9.80 Å². The summed E-state index contributed by atoms with van der Waals surface area (Å²) in [6.45, 7) is 4.26. The van der Waals surface area contributed by atoms with E-state index >= 15 is 0 Å². The predicted octanol–water partition coefficient (Wildman–Crippen LogP) is 1.84. The first-order valence-corrected chi connectivity index (χ1v) is 12.7. The van der Waals surface area contributed by atoms with E-state index in [1.54, 1.807) is 6.07 Å². The highest BCUT2D eigenvalue weighted by Gasteiger charge is 2.33. The predicted molar refractivity (Wildman–Crippen MR) is 118 cm³/mol. The van der Waals surface area contributed by atoms with E-state index in [2.05, 4.69) is 0 Å². The molecule has 1 amide bonds. The van der Waals surface area contributed by atoms with Crippen LogP contribution in [0.4, 0.5) is 11.4 Å². The molecule has 3 fully saturated rings. The molecule has 176 valence electrons. The first kappa shape index (κ1) is 22.9. The van der Waals surface area contributed by atoms with Gasteiger partial charge >= 0.3 is 0 Å². The number of nitro benzene ring substituents is 1. The van der Waals surface area contributed by atoms with Gasteiger partial charge in [0.25, 0.3) is 5.69 Å². The van der Waals surface area contributed by atoms with Gasteiger partial charge in [-0.1, -0.05) is 6.42 Å². The number of rotatable bonds is 5. The molecular weight excluding hydrogens is 436 g/mol. The van der Waals surface area contributed by atoms with Crippen molar-refractivity contribution in [1.82, 2.24) is 9.21 Å². The number of benzene rings is 1. The number of ether oxygens (including phenoxy) is 1. The number of morpholine rings is 1. The second kappa shape index (κ2) is 9.72. The van der Waals surface area contributed by atoms with Crippen LogP contribution in [0.3, 0.4) is 0 Å². The Hall–Kier alpha value is -2.24. The molecule has 0 spiro atoms. The van der Waals surface area contributed by atoms with E-state index in [9.17, 15) is 23.3 Å². The van der Waals surface area contributed by atoms with Crippen molar-refractivity contribution in [2.75, 3.05) is 57.4 Å². The monoisotopic (exact) mass is 466 g/mol. The number of carbonyl (C=O) groups is 1. The molecule has 0 aliphatic carbocycles. The lowest BCUT2D eigenvalue weighted by molar-refractivity contribution is -0.384. The van der Waals surface area contributed by atoms with Crippen LogP contribution in [-0.2, 0) is 19.6 Å². The Labute approximate surface area is 188 Å². The molecule has 3 saturated heterocycles. The van der Waals surface area contributed by atoms with Crippen molar-refractivity contribution in [1.29, 1.82) is 0 Å². The molecule has 0 radical (unpaired) electrons. The van der Waals surface area contributed by atoms with Gasteiger partial charge in [0.15, 0.2) is 0 Å². The van der Waals surface area contributed by atoms with Gasteiger partial charge in [-0.05, 0) is 37.8 Å². The number of hydrogen-bond acceptors (Lipinski definition) is 7. The van der Waals surface area contributed by atoms with E-state index in [0.717, 1.165) is 19.3 Å². The van der Waals surface area contributed by atoms with Gasteiger partial charge in [-0.3, -0.25) is 14.9 Å². The summed E-state index contributed by atoms with van der Waals surface area (Å²) in [5.41, 5.74) is 0.200. The molecule has 3 aliphatic heterocycles. The quantitative estimate of drug-likeness (QED) is 0.481. The van der Waals surface area contributed by atoms with Gasteiger partial charge in [-0.2, -0.15) is 4.31 Å². The Morgan fingerprint density at radius 3 is 2.28 bits per heavy atom. The Morgan fingerprint density at radius 1 is 1.00 bits per heavy atom. The van der Waals surface area contributed by atoms with Gasteiger partial charge in [0.05, 0.1) is 23.0 Å². The Kier molecular flexibility index (Phi) is 6.96. The maximum atomic E-state index is 13.0. The summed E-state index contributed by atoms with van der Waals surface area (Å²) in [4.78, 5) is 27.7. The van der Waals surface area contributed by atoms with E-state index in [4.69, 9.17) is 4.74 Å². The van der Waals surface area contributed by atoms with Crippen LogP contribution in [0.25, 0.3) is 0 Å². The fourth-order valence-corrected chi connectivity index (χ4v) is 6.28. The number of piperidine rings is 2. The van der Waals surface area contributed by atoms with Gasteiger partial charge in [0.1, 0.15) is 5.69 Å². The van der Waals surface area contributed by atoms with Crippen LogP contribution in [0, 0.1) is 16.0 Å². The Bertz CT molecular complexity index is 949. The van der Waals surface area contributed by atoms with Crippen LogP contribution >= 0.6 is 0 Å². The number of nitrogens with zero attached hydrogens (tertiary/aromatic N) is 4. The van der Waals surface area contributed by atoms with Crippen LogP contribution in [-0.4, -0.2) is 80.9 Å². The first-order valence-electron chi connectivity index (χ1n) is 11.3. The van der Waals surface area contributed by atoms with Crippen molar-refractivity contribution in [3.63, 3.8) is 0 Å². The third-order valence-corrected chi connectivity index (χ3v) is 8.50. The molecule has 3 heterocycles. The van der Waals surface area contributed by atoms with Crippen LogP contribution in [0.5, 0.6) is 0 Å². The molecule has 4 rings (SSSR count). The summed E-state index contributed by atoms with van der Waals surface area (Å²) in [7, 11) is -3.75. The minimum atomic E-state index is -3.75. The maximum absolute atomic E-state index is 13.0. The summed E-state index contributed by atoms with van der Waals surface area (Å²) >= 11 is 0. The lowest BCUT2D eigenvalue weighted by Gasteiger charge is -2.36. The van der Waals surface area contributed by atoms with Gasteiger partial charge in [-0.25, -0.2) is 8.42 Å². The molecule has 3 aliphatic rings. The highest BCUT2D eigenvalue weighted by Crippen LogP contribution is 2.35. The topological polar surface area (TPSA) is 113 Å². The SMILES string of the molecule is O=C(C1CCN(c2ccc(S(=O)(=O)N3CCCCC3)cc2[N+](=O)[O-])CC1)N1CCOCC1. The fraction of sp³-hybridized carbons (Fsp3) is 0.667. The number of anilines is 1. The molecular formula is C21H30N4O6S. The molecule has 11 heteroatoms. The van der Waals surface area contributed by atoms with Crippen molar-refractivity contribution in [3.05, 3.63) is 28.3 Å². The van der Waals surface area contributed by atoms with Gasteiger partial charge in [-0.15, -0.1) is 0 Å². The number of hydrogen-bond donors (Lipinski definition) is 0. The maximum Gasteiger partial charge on any atom is 0.293 e. The summed E-state index contributed by atoms with van der Waals surface area (Å²) in [6.07, 6.45) is 3.83. The Morgan fingerprint density at radius 2 is 1.66 bits per heavy atom. The molecule has 0 N–H and O–H groups in total. The third kappa shape index (κ3) is 4.74. The minimum absolute atomic E-state index is 0.0350. The normalized spacial score (nSPS) is 21.5. The standard InChI is InChI=1S/C21H30N4O6S/c26-21(23-12-14-31-15-13-23)17-6-10-22(11-7-17)19-5-4-18(16-20(19)25(27)28)32(29,30)24-8-2-1-3-9-24/h4-5,16-17H,1-3,6-15H2. The van der Waals surface area contributed by atoms with E-state index in [0.29, 0.717) is 71.0 Å². The van der Waals surface area contributed by atoms with E-state index in [-0.39, 0.29) is 22.4 Å². The smallest absolute Gasteiger partial charge is 0.293 e. The zero-order valence-electron chi connectivity index (χ0n) is 18.1. The highest BCUT2D eigenvalue weighted by atomic mass is 32.2. The average molecular weight is 467 g/mol. The van der Waals surface area contributed by atoms with Crippen LogP contribution in [0.2, 0.25) is 0 Å². The number of nitro groups is 1. The number of amides is 1. The third-order valence-electron chi connectivity index (χ3n) is 6.60. The summed E-state index contributed by atoms with van der Waals surface area (Å²) < 4.78 is 32.6. The molecule has 0 aromatic heterocycles. The molecule has 32 heavy (non-hydrogen) atoms. The fourth-order valence-electron chi connectivity index (χ4n) is 4.74. The second-order valence-corrected chi connectivity index (χ2v) is 10.5. The largest absolute Gasteiger partial charge is 0.378 e.